The van der Waals surface area contributed by atoms with Gasteiger partial charge in [0.2, 0.25) is 15.0 Å². The second kappa shape index (κ2) is 9.43. The Kier molecular flexibility index (Phi) is 6.84. The first-order chi connectivity index (χ1) is 14.9. The van der Waals surface area contributed by atoms with Crippen LogP contribution >= 0.6 is 0 Å². The third kappa shape index (κ3) is 5.21. The van der Waals surface area contributed by atoms with E-state index in [-0.39, 0.29) is 10.9 Å². The number of hydrogen-bond acceptors (Lipinski definition) is 5. The molecule has 0 amide bonds. The molecule has 31 heavy (non-hydrogen) atoms. The zero-order valence-electron chi connectivity index (χ0n) is 19.0. The van der Waals surface area contributed by atoms with Gasteiger partial charge < -0.3 is 9.47 Å². The Morgan fingerprint density at radius 3 is 2.52 bits per heavy atom. The highest BCUT2D eigenvalue weighted by Crippen LogP contribution is 2.38. The van der Waals surface area contributed by atoms with E-state index in [4.69, 9.17) is 0 Å². The van der Waals surface area contributed by atoms with Gasteiger partial charge in [0, 0.05) is 26.2 Å². The lowest BCUT2D eigenvalue weighted by Crippen LogP contribution is -2.51. The molecule has 1 spiro atoms. The molecule has 2 aliphatic rings. The van der Waals surface area contributed by atoms with Gasteiger partial charge in [-0.3, -0.25) is 4.90 Å². The normalized spacial score (nSPS) is 23.4. The predicted molar refractivity (Wildman–Crippen MR) is 124 cm³/mol. The molecule has 0 bridgehead atoms. The van der Waals surface area contributed by atoms with Crippen molar-refractivity contribution in [3.63, 3.8) is 0 Å². The van der Waals surface area contributed by atoms with Gasteiger partial charge >= 0.3 is 0 Å². The van der Waals surface area contributed by atoms with Crippen molar-refractivity contribution < 1.29 is 8.42 Å². The Labute approximate surface area is 187 Å². The maximum absolute atomic E-state index is 12.7. The fourth-order valence-electron chi connectivity index (χ4n) is 5.48. The second-order valence-corrected chi connectivity index (χ2v) is 11.7. The monoisotopic (exact) mass is 444 g/mol. The van der Waals surface area contributed by atoms with Gasteiger partial charge in [-0.05, 0) is 63.2 Å². The average Bonchev–Trinajstić information content (AvgIpc) is 3.16. The van der Waals surface area contributed by atoms with E-state index in [1.165, 1.54) is 44.3 Å². The van der Waals surface area contributed by atoms with Crippen molar-refractivity contribution in [3.8, 4) is 0 Å². The number of imidazole rings is 1. The molecule has 0 radical (unpaired) electrons. The predicted octanol–water partition coefficient (Wildman–Crippen LogP) is 3.23. The summed E-state index contributed by atoms with van der Waals surface area (Å²) in [5, 5.41) is 0.227. The molecule has 1 unspecified atom stereocenters. The fourth-order valence-corrected chi connectivity index (χ4v) is 6.50. The lowest BCUT2D eigenvalue weighted by molar-refractivity contribution is 0.0188. The number of rotatable bonds is 7. The van der Waals surface area contributed by atoms with Crippen LogP contribution in [0.1, 0.15) is 43.9 Å². The van der Waals surface area contributed by atoms with Gasteiger partial charge in [0.25, 0.3) is 0 Å². The molecule has 170 valence electrons. The van der Waals surface area contributed by atoms with E-state index < -0.39 is 9.84 Å². The summed E-state index contributed by atoms with van der Waals surface area (Å²) in [7, 11) is -1.12. The van der Waals surface area contributed by atoms with Gasteiger partial charge in [-0.25, -0.2) is 13.4 Å². The van der Waals surface area contributed by atoms with Crippen LogP contribution in [0.3, 0.4) is 0 Å². The van der Waals surface area contributed by atoms with E-state index in [2.05, 4.69) is 34.0 Å². The summed E-state index contributed by atoms with van der Waals surface area (Å²) >= 11 is 0. The van der Waals surface area contributed by atoms with E-state index >= 15 is 0 Å². The number of piperidine rings is 2. The number of nitrogens with zero attached hydrogens (tertiary/aromatic N) is 4. The summed E-state index contributed by atoms with van der Waals surface area (Å²) in [5.41, 5.74) is 2.62. The van der Waals surface area contributed by atoms with Crippen molar-refractivity contribution in [2.24, 2.45) is 5.41 Å². The Morgan fingerprint density at radius 2 is 1.81 bits per heavy atom. The molecule has 2 aliphatic heterocycles. The Hall–Kier alpha value is -1.70. The van der Waals surface area contributed by atoms with E-state index in [0.717, 1.165) is 31.7 Å². The van der Waals surface area contributed by atoms with Crippen LogP contribution in [0, 0.1) is 5.41 Å². The molecule has 0 saturated carbocycles. The van der Waals surface area contributed by atoms with Crippen LogP contribution in [0.25, 0.3) is 0 Å². The molecule has 7 heteroatoms. The number of aromatic nitrogens is 2. The quantitative estimate of drug-likeness (QED) is 0.656. The molecule has 0 aliphatic carbocycles. The summed E-state index contributed by atoms with van der Waals surface area (Å²) in [6.45, 7) is 7.64. The van der Waals surface area contributed by atoms with Crippen LogP contribution in [0.5, 0.6) is 0 Å². The summed E-state index contributed by atoms with van der Waals surface area (Å²) in [6.07, 6.45) is 7.68. The maximum Gasteiger partial charge on any atom is 0.227 e. The molecular formula is C24H36N4O2S. The third-order valence-electron chi connectivity index (χ3n) is 7.01. The van der Waals surface area contributed by atoms with Crippen LogP contribution < -0.4 is 0 Å². The van der Waals surface area contributed by atoms with Crippen molar-refractivity contribution in [1.29, 1.82) is 0 Å². The summed E-state index contributed by atoms with van der Waals surface area (Å²) in [6, 6.07) is 10.3. The molecular weight excluding hydrogens is 408 g/mol. The minimum atomic E-state index is -3.36. The van der Waals surface area contributed by atoms with Crippen molar-refractivity contribution in [1.82, 2.24) is 19.4 Å². The highest BCUT2D eigenvalue weighted by Gasteiger charge is 2.38. The molecule has 0 N–H and O–H groups in total. The minimum Gasteiger partial charge on any atom is -0.317 e. The summed E-state index contributed by atoms with van der Waals surface area (Å²) in [4.78, 5) is 9.40. The molecule has 1 atom stereocenters. The van der Waals surface area contributed by atoms with E-state index in [9.17, 15) is 8.42 Å². The van der Waals surface area contributed by atoms with Crippen LogP contribution in [-0.4, -0.2) is 66.7 Å². The smallest absolute Gasteiger partial charge is 0.227 e. The Bertz CT molecular complexity index is 969. The first-order valence-corrected chi connectivity index (χ1v) is 13.3. The highest BCUT2D eigenvalue weighted by molar-refractivity contribution is 7.91. The van der Waals surface area contributed by atoms with Crippen LogP contribution in [0.4, 0.5) is 0 Å². The molecule has 4 rings (SSSR count). The van der Waals surface area contributed by atoms with Gasteiger partial charge in [0.05, 0.1) is 17.6 Å². The third-order valence-corrected chi connectivity index (χ3v) is 8.65. The highest BCUT2D eigenvalue weighted by atomic mass is 32.2. The number of aryl methyl sites for hydroxylation is 1. The summed E-state index contributed by atoms with van der Waals surface area (Å²) < 4.78 is 27.4. The van der Waals surface area contributed by atoms with Crippen LogP contribution in [0.2, 0.25) is 0 Å². The standard InChI is InChI=1S/C24H36N4O2S/c1-3-31(29,30)23-25-17-22(28(23)16-11-21-9-5-4-6-10-21)18-27-15-8-13-24(20-27)12-7-14-26(2)19-24/h4-6,9-10,17H,3,7-8,11-16,18-20H2,1-2H3. The maximum atomic E-state index is 12.7. The number of hydrogen-bond donors (Lipinski definition) is 0. The first kappa shape index (κ1) is 22.5. The Morgan fingerprint density at radius 1 is 1.06 bits per heavy atom. The van der Waals surface area contributed by atoms with Crippen molar-refractivity contribution in [2.45, 2.75) is 57.3 Å². The van der Waals surface area contributed by atoms with Gasteiger partial charge in [0.15, 0.2) is 0 Å². The molecule has 1 aromatic heterocycles. The van der Waals surface area contributed by atoms with E-state index in [1.54, 1.807) is 13.1 Å². The molecule has 3 heterocycles. The van der Waals surface area contributed by atoms with Crippen LogP contribution in [0.15, 0.2) is 41.7 Å². The molecule has 2 aromatic rings. The van der Waals surface area contributed by atoms with E-state index in [1.807, 2.05) is 22.8 Å². The molecule has 2 saturated heterocycles. The van der Waals surface area contributed by atoms with E-state index in [0.29, 0.717) is 12.0 Å². The number of sulfone groups is 1. The first-order valence-electron chi connectivity index (χ1n) is 11.6. The van der Waals surface area contributed by atoms with Gasteiger partial charge in [-0.15, -0.1) is 0 Å². The SMILES string of the molecule is CCS(=O)(=O)c1ncc(CN2CCCC3(CCCN(C)C3)C2)n1CCc1ccccc1. The topological polar surface area (TPSA) is 58.4 Å². The Balaban J connectivity index is 1.54. The number of benzene rings is 1. The van der Waals surface area contributed by atoms with Crippen molar-refractivity contribution >= 4 is 9.84 Å². The zero-order valence-corrected chi connectivity index (χ0v) is 19.8. The van der Waals surface area contributed by atoms with Crippen LogP contribution in [-0.2, 0) is 29.3 Å². The largest absolute Gasteiger partial charge is 0.317 e. The molecule has 2 fully saturated rings. The van der Waals surface area contributed by atoms with Gasteiger partial charge in [-0.1, -0.05) is 37.3 Å². The lowest BCUT2D eigenvalue weighted by Gasteiger charge is -2.47. The van der Waals surface area contributed by atoms with Gasteiger partial charge in [-0.2, -0.15) is 0 Å². The summed E-state index contributed by atoms with van der Waals surface area (Å²) in [5.74, 6) is 0.0773. The minimum absolute atomic E-state index is 0.0773. The molecule has 1 aromatic carbocycles. The number of likely N-dealkylation sites (tertiary alicyclic amines) is 2. The second-order valence-electron chi connectivity index (χ2n) is 9.48. The van der Waals surface area contributed by atoms with Crippen molar-refractivity contribution in [3.05, 3.63) is 47.8 Å². The van der Waals surface area contributed by atoms with Crippen molar-refractivity contribution in [2.75, 3.05) is 39.0 Å². The van der Waals surface area contributed by atoms with Gasteiger partial charge in [0.1, 0.15) is 0 Å². The average molecular weight is 445 g/mol. The zero-order chi connectivity index (χ0) is 21.9. The lowest BCUT2D eigenvalue weighted by atomic mass is 9.74. The fraction of sp³-hybridized carbons (Fsp3) is 0.625. The molecule has 6 nitrogen and oxygen atoms in total.